The largest absolute Gasteiger partial charge is 0.493 e. The Bertz CT molecular complexity index is 1100. The minimum absolute atomic E-state index is 0.0407. The van der Waals surface area contributed by atoms with Crippen LogP contribution in [0, 0.1) is 0 Å². The van der Waals surface area contributed by atoms with E-state index in [9.17, 15) is 14.4 Å². The number of anilines is 1. The van der Waals surface area contributed by atoms with E-state index in [1.165, 1.54) is 0 Å². The van der Waals surface area contributed by atoms with E-state index in [4.69, 9.17) is 32.7 Å². The number of carbonyl (C=O) groups excluding carboxylic acids is 3. The van der Waals surface area contributed by atoms with Crippen molar-refractivity contribution < 1.29 is 23.9 Å². The molecule has 2 aromatic rings. The zero-order valence-electron chi connectivity index (χ0n) is 18.9. The molecule has 7 nitrogen and oxygen atoms in total. The van der Waals surface area contributed by atoms with Gasteiger partial charge in [-0.3, -0.25) is 19.3 Å². The normalized spacial score (nSPS) is 16.6. The Morgan fingerprint density at radius 3 is 2.41 bits per heavy atom. The van der Waals surface area contributed by atoms with E-state index in [1.54, 1.807) is 37.4 Å². The average Bonchev–Trinajstić information content (AvgIpc) is 3.33. The lowest BCUT2D eigenvalue weighted by Crippen LogP contribution is -2.39. The Kier molecular flexibility index (Phi) is 7.63. The first-order valence-electron chi connectivity index (χ1n) is 11.3. The molecule has 2 aromatic carbocycles. The standard InChI is InChI=1S/C25H26Cl2N2O5/c1-33-20-12-9-15(13-21(20)34-16-5-2-3-6-16)25(32)28-19-11-10-18(26)17(24(19)27)14-29-22(30)7-4-8-23(29)31/h9-13,16H,2-8,14H2,1H3,(H,28,32). The van der Waals surface area contributed by atoms with Gasteiger partial charge in [0.2, 0.25) is 11.8 Å². The molecule has 4 rings (SSSR count). The minimum Gasteiger partial charge on any atom is -0.493 e. The molecule has 2 aliphatic rings. The van der Waals surface area contributed by atoms with Crippen LogP contribution in [-0.4, -0.2) is 35.8 Å². The number of piperidine rings is 1. The van der Waals surface area contributed by atoms with Crippen LogP contribution in [0.25, 0.3) is 0 Å². The first-order valence-corrected chi connectivity index (χ1v) is 12.1. The molecule has 1 heterocycles. The molecule has 0 bridgehead atoms. The lowest BCUT2D eigenvalue weighted by Gasteiger charge is -2.26. The molecular weight excluding hydrogens is 479 g/mol. The monoisotopic (exact) mass is 504 g/mol. The second-order valence-corrected chi connectivity index (χ2v) is 9.24. The van der Waals surface area contributed by atoms with E-state index >= 15 is 0 Å². The third kappa shape index (κ3) is 5.31. The maximum atomic E-state index is 13.0. The predicted octanol–water partition coefficient (Wildman–Crippen LogP) is 5.61. The van der Waals surface area contributed by atoms with Gasteiger partial charge in [0.1, 0.15) is 0 Å². The molecule has 0 spiro atoms. The van der Waals surface area contributed by atoms with Gasteiger partial charge in [-0.2, -0.15) is 0 Å². The van der Waals surface area contributed by atoms with Crippen LogP contribution in [-0.2, 0) is 16.1 Å². The molecule has 180 valence electrons. The zero-order chi connectivity index (χ0) is 24.2. The topological polar surface area (TPSA) is 84.9 Å². The number of amides is 3. The smallest absolute Gasteiger partial charge is 0.255 e. The molecule has 0 unspecified atom stereocenters. The summed E-state index contributed by atoms with van der Waals surface area (Å²) in [6.07, 6.45) is 5.47. The van der Waals surface area contributed by atoms with Crippen molar-refractivity contribution in [2.75, 3.05) is 12.4 Å². The van der Waals surface area contributed by atoms with Crippen molar-refractivity contribution in [1.29, 1.82) is 0 Å². The van der Waals surface area contributed by atoms with Crippen LogP contribution in [0.4, 0.5) is 5.69 Å². The van der Waals surface area contributed by atoms with Gasteiger partial charge >= 0.3 is 0 Å². The first-order chi connectivity index (χ1) is 16.4. The highest BCUT2D eigenvalue weighted by Gasteiger charge is 2.28. The molecule has 0 aromatic heterocycles. The summed E-state index contributed by atoms with van der Waals surface area (Å²) in [7, 11) is 1.56. The number of nitrogens with zero attached hydrogens (tertiary/aromatic N) is 1. The number of likely N-dealkylation sites (tertiary alicyclic amines) is 1. The summed E-state index contributed by atoms with van der Waals surface area (Å²) in [5.74, 6) is 0.175. The quantitative estimate of drug-likeness (QED) is 0.494. The summed E-state index contributed by atoms with van der Waals surface area (Å²) in [5, 5.41) is 3.29. The third-order valence-corrected chi connectivity index (χ3v) is 6.94. The number of imide groups is 1. The highest BCUT2D eigenvalue weighted by molar-refractivity contribution is 6.38. The number of rotatable bonds is 7. The van der Waals surface area contributed by atoms with Crippen LogP contribution in [0.3, 0.4) is 0 Å². The number of hydrogen-bond donors (Lipinski definition) is 1. The number of carbonyl (C=O) groups is 3. The molecule has 1 saturated heterocycles. The zero-order valence-corrected chi connectivity index (χ0v) is 20.4. The van der Waals surface area contributed by atoms with Gasteiger partial charge in [0.15, 0.2) is 11.5 Å². The second kappa shape index (κ2) is 10.7. The van der Waals surface area contributed by atoms with Crippen molar-refractivity contribution in [2.45, 2.75) is 57.6 Å². The highest BCUT2D eigenvalue weighted by Crippen LogP contribution is 2.35. The van der Waals surface area contributed by atoms with Gasteiger partial charge in [-0.05, 0) is 62.4 Å². The summed E-state index contributed by atoms with van der Waals surface area (Å²) >= 11 is 12.9. The van der Waals surface area contributed by atoms with E-state index in [0.717, 1.165) is 30.6 Å². The van der Waals surface area contributed by atoms with Gasteiger partial charge in [0.05, 0.1) is 30.5 Å². The molecule has 1 aliphatic carbocycles. The van der Waals surface area contributed by atoms with Crippen molar-refractivity contribution in [1.82, 2.24) is 4.90 Å². The van der Waals surface area contributed by atoms with Crippen LogP contribution in [0.2, 0.25) is 10.0 Å². The van der Waals surface area contributed by atoms with Gasteiger partial charge in [-0.25, -0.2) is 0 Å². The van der Waals surface area contributed by atoms with Crippen molar-refractivity contribution in [3.05, 3.63) is 51.5 Å². The molecule has 34 heavy (non-hydrogen) atoms. The van der Waals surface area contributed by atoms with Crippen LogP contribution in [0.15, 0.2) is 30.3 Å². The molecule has 9 heteroatoms. The van der Waals surface area contributed by atoms with Crippen molar-refractivity contribution in [3.63, 3.8) is 0 Å². The second-order valence-electron chi connectivity index (χ2n) is 8.46. The number of nitrogens with one attached hydrogen (secondary N) is 1. The Morgan fingerprint density at radius 1 is 1.03 bits per heavy atom. The van der Waals surface area contributed by atoms with Gasteiger partial charge in [0.25, 0.3) is 5.91 Å². The van der Waals surface area contributed by atoms with E-state index in [-0.39, 0.29) is 35.4 Å². The van der Waals surface area contributed by atoms with E-state index in [0.29, 0.717) is 52.6 Å². The van der Waals surface area contributed by atoms with Gasteiger partial charge in [0, 0.05) is 29.0 Å². The predicted molar refractivity (Wildman–Crippen MR) is 130 cm³/mol. The summed E-state index contributed by atoms with van der Waals surface area (Å²) in [5.41, 5.74) is 1.12. The fraction of sp³-hybridized carbons (Fsp3) is 0.400. The molecule has 1 N–H and O–H groups in total. The van der Waals surface area contributed by atoms with E-state index in [1.807, 2.05) is 0 Å². The van der Waals surface area contributed by atoms with Crippen LogP contribution in [0.1, 0.15) is 60.9 Å². The Hall–Kier alpha value is -2.77. The SMILES string of the molecule is COc1ccc(C(=O)Nc2ccc(Cl)c(CN3C(=O)CCCC3=O)c2Cl)cc1OC1CCCC1. The lowest BCUT2D eigenvalue weighted by atomic mass is 10.1. The van der Waals surface area contributed by atoms with Crippen LogP contribution in [0.5, 0.6) is 11.5 Å². The molecular formula is C25H26Cl2N2O5. The molecule has 1 saturated carbocycles. The molecule has 2 fully saturated rings. The number of methoxy groups -OCH3 is 1. The fourth-order valence-corrected chi connectivity index (χ4v) is 4.80. The van der Waals surface area contributed by atoms with Gasteiger partial charge in [-0.15, -0.1) is 0 Å². The van der Waals surface area contributed by atoms with E-state index < -0.39 is 0 Å². The maximum Gasteiger partial charge on any atom is 0.255 e. The van der Waals surface area contributed by atoms with E-state index in [2.05, 4.69) is 5.32 Å². The third-order valence-electron chi connectivity index (χ3n) is 6.16. The van der Waals surface area contributed by atoms with Crippen LogP contribution >= 0.6 is 23.2 Å². The molecule has 3 amide bonds. The first kappa shape index (κ1) is 24.4. The fourth-order valence-electron chi connectivity index (χ4n) is 4.26. The summed E-state index contributed by atoms with van der Waals surface area (Å²) < 4.78 is 11.5. The Balaban J connectivity index is 1.54. The Labute approximate surface area is 208 Å². The number of benzene rings is 2. The summed E-state index contributed by atoms with van der Waals surface area (Å²) in [6.45, 7) is -0.0407. The number of halogens is 2. The van der Waals surface area contributed by atoms with Crippen molar-refractivity contribution in [2.24, 2.45) is 0 Å². The van der Waals surface area contributed by atoms with Crippen molar-refractivity contribution >= 4 is 46.6 Å². The summed E-state index contributed by atoms with van der Waals surface area (Å²) in [6, 6.07) is 8.17. The average molecular weight is 505 g/mol. The van der Waals surface area contributed by atoms with Crippen molar-refractivity contribution in [3.8, 4) is 11.5 Å². The number of hydrogen-bond acceptors (Lipinski definition) is 5. The molecule has 0 radical (unpaired) electrons. The highest BCUT2D eigenvalue weighted by atomic mass is 35.5. The molecule has 1 aliphatic heterocycles. The van der Waals surface area contributed by atoms with Gasteiger partial charge < -0.3 is 14.8 Å². The lowest BCUT2D eigenvalue weighted by molar-refractivity contribution is -0.148. The number of ether oxygens (including phenoxy) is 2. The Morgan fingerprint density at radius 2 is 1.74 bits per heavy atom. The minimum atomic E-state index is -0.390. The van der Waals surface area contributed by atoms with Crippen LogP contribution < -0.4 is 14.8 Å². The molecule has 0 atom stereocenters. The maximum absolute atomic E-state index is 13.0. The van der Waals surface area contributed by atoms with Gasteiger partial charge in [-0.1, -0.05) is 23.2 Å². The summed E-state index contributed by atoms with van der Waals surface area (Å²) in [4.78, 5) is 38.6.